The Labute approximate surface area is 285 Å². The van der Waals surface area contributed by atoms with E-state index in [1.807, 2.05) is 24.3 Å². The van der Waals surface area contributed by atoms with E-state index in [1.54, 1.807) is 73.3 Å². The number of benzene rings is 2. The van der Waals surface area contributed by atoms with Crippen LogP contribution in [0.1, 0.15) is 0 Å². The van der Waals surface area contributed by atoms with Gasteiger partial charge in [-0.05, 0) is 35.7 Å². The molecule has 12 heteroatoms. The minimum atomic E-state index is -0.649. The van der Waals surface area contributed by atoms with Gasteiger partial charge in [-0.25, -0.2) is 0 Å². The molecule has 0 aliphatic carbocycles. The predicted octanol–water partition coefficient (Wildman–Crippen LogP) is 7.62. The number of aromatic nitrogens is 4. The second-order valence-corrected chi connectivity index (χ2v) is 8.68. The second kappa shape index (κ2) is 21.0. The normalized spacial score (nSPS) is 9.18. The molecule has 44 heavy (non-hydrogen) atoms. The molecule has 0 aliphatic rings. The Hall–Kier alpha value is -3.76. The van der Waals surface area contributed by atoms with Crippen LogP contribution in [0, 0.1) is 35.4 Å². The van der Waals surface area contributed by atoms with Crippen molar-refractivity contribution in [1.29, 1.82) is 0 Å². The van der Waals surface area contributed by atoms with Gasteiger partial charge in [0.1, 0.15) is 0 Å². The smallest absolute Gasteiger partial charge is 0.760 e. The Morgan fingerprint density at radius 1 is 0.477 bits per heavy atom. The molecule has 4 nitrogen and oxygen atoms in total. The minimum absolute atomic E-state index is 0. The summed E-state index contributed by atoms with van der Waals surface area (Å²) in [5.41, 5.74) is 1.27. The van der Waals surface area contributed by atoms with Crippen LogP contribution in [-0.2, 0) is 59.4 Å². The average Bonchev–Trinajstić information content (AvgIpc) is 3.00. The van der Waals surface area contributed by atoms with E-state index >= 15 is 0 Å². The quantitative estimate of drug-likeness (QED) is 0.0793. The van der Waals surface area contributed by atoms with Crippen molar-refractivity contribution < 1.29 is 51.7 Å². The van der Waals surface area contributed by atoms with Crippen LogP contribution in [0.15, 0.2) is 132 Å². The third-order valence-corrected chi connectivity index (χ3v) is 5.32. The van der Waals surface area contributed by atoms with Gasteiger partial charge in [0, 0.05) is 48.1 Å². The zero-order chi connectivity index (χ0) is 30.2. The van der Waals surface area contributed by atoms with Crippen LogP contribution in [0.5, 0.6) is 0 Å². The maximum Gasteiger partial charge on any atom is 2.00 e. The van der Waals surface area contributed by atoms with E-state index in [1.165, 1.54) is 0 Å². The van der Waals surface area contributed by atoms with Gasteiger partial charge in [0.05, 0.1) is 0 Å². The molecule has 0 spiro atoms. The van der Waals surface area contributed by atoms with Crippen LogP contribution in [0.4, 0.5) is 17.6 Å². The Kier molecular flexibility index (Phi) is 18.3. The number of pyridine rings is 4. The van der Waals surface area contributed by atoms with E-state index in [2.05, 4.69) is 32.1 Å². The van der Waals surface area contributed by atoms with Crippen LogP contribution in [0.25, 0.3) is 22.5 Å². The van der Waals surface area contributed by atoms with Crippen molar-refractivity contribution in [1.82, 2.24) is 19.9 Å². The summed E-state index contributed by atoms with van der Waals surface area (Å²) in [6.45, 7) is 0. The summed E-state index contributed by atoms with van der Waals surface area (Å²) >= 11 is 9.40. The summed E-state index contributed by atoms with van der Waals surface area (Å²) in [5.74, 6) is -2.57. The van der Waals surface area contributed by atoms with E-state index in [0.717, 1.165) is 24.3 Å². The fraction of sp³-hybridized carbons (Fsp3) is 0. The first-order valence-corrected chi connectivity index (χ1v) is 12.9. The third kappa shape index (κ3) is 13.7. The molecule has 0 fully saturated rings. The summed E-state index contributed by atoms with van der Waals surface area (Å²) < 4.78 is 51.6. The Balaban J connectivity index is 0.000000303. The summed E-state index contributed by atoms with van der Waals surface area (Å²) in [5, 5.41) is 1.31. The van der Waals surface area contributed by atoms with Gasteiger partial charge in [0.2, 0.25) is 0 Å². The molecule has 0 saturated carbocycles. The molecule has 230 valence electrons. The molecule has 2 aromatic carbocycles. The number of hydrogen-bond donors (Lipinski definition) is 0. The molecule has 0 atom stereocenters. The third-order valence-electron chi connectivity index (χ3n) is 4.83. The predicted molar refractivity (Wildman–Crippen MR) is 157 cm³/mol. The number of hydrogen-bond acceptors (Lipinski definition) is 6. The molecule has 0 N–H and O–H groups in total. The van der Waals surface area contributed by atoms with Gasteiger partial charge in [-0.1, -0.05) is 81.8 Å². The van der Waals surface area contributed by atoms with Gasteiger partial charge >= 0.3 is 34.1 Å². The van der Waals surface area contributed by atoms with E-state index in [4.69, 9.17) is 25.3 Å². The van der Waals surface area contributed by atoms with Crippen molar-refractivity contribution >= 4 is 25.3 Å². The van der Waals surface area contributed by atoms with E-state index in [-0.39, 0.29) is 45.3 Å². The Morgan fingerprint density at radius 2 is 0.818 bits per heavy atom. The maximum absolute atomic E-state index is 13.2. The largest absolute Gasteiger partial charge is 2.00 e. The molecule has 0 bridgehead atoms. The van der Waals surface area contributed by atoms with Gasteiger partial charge in [-0.3, -0.25) is 27.5 Å². The molecule has 6 rings (SSSR count). The summed E-state index contributed by atoms with van der Waals surface area (Å²) in [7, 11) is 0. The second-order valence-electron chi connectivity index (χ2n) is 7.85. The SMILES string of the molecule is Fc1c[c-]c(-c2ccccn2)c(F)c1.Fc1c[c-]c(-c2ccccn2)c(F)c1.[Cu+2].[Cu+2].[S-]c1ccccn1.[S-]c1ccccn1. The molecule has 4 aromatic heterocycles. The van der Waals surface area contributed by atoms with Crippen molar-refractivity contribution in [2.45, 2.75) is 10.1 Å². The molecule has 2 radical (unpaired) electrons. The molecular weight excluding hydrogens is 708 g/mol. The van der Waals surface area contributed by atoms with Crippen molar-refractivity contribution in [2.24, 2.45) is 0 Å². The van der Waals surface area contributed by atoms with E-state index in [9.17, 15) is 17.6 Å². The average molecular weight is 728 g/mol. The summed E-state index contributed by atoms with van der Waals surface area (Å²) in [6, 6.07) is 30.1. The van der Waals surface area contributed by atoms with Crippen molar-refractivity contribution in [3.63, 3.8) is 0 Å². The van der Waals surface area contributed by atoms with Gasteiger partial charge in [0.25, 0.3) is 0 Å². The molecular formula is C32H20Cu2F4N4S2. The summed E-state index contributed by atoms with van der Waals surface area (Å²) in [4.78, 5) is 15.5. The number of rotatable bonds is 2. The summed E-state index contributed by atoms with van der Waals surface area (Å²) in [6.07, 6.45) is 6.46. The zero-order valence-corrected chi connectivity index (χ0v) is 25.8. The van der Waals surface area contributed by atoms with Crippen LogP contribution in [0.3, 0.4) is 0 Å². The molecule has 0 unspecified atom stereocenters. The van der Waals surface area contributed by atoms with Crippen LogP contribution >= 0.6 is 0 Å². The van der Waals surface area contributed by atoms with Gasteiger partial charge in [0.15, 0.2) is 0 Å². The monoisotopic (exact) mass is 726 g/mol. The standard InChI is InChI=1S/2C11H6F2N.2C5H5NS.2Cu/c2*12-8-4-5-9(10(13)7-8)11-3-1-2-6-14-11;2*7-5-3-1-2-4-6-5;;/h2*1-4,6-7H;2*1-4H,(H,6,7);;/q2*-1;;;2*+2/p-2. The molecule has 0 amide bonds. The van der Waals surface area contributed by atoms with Crippen LogP contribution in [-0.4, -0.2) is 19.9 Å². The zero-order valence-electron chi connectivity index (χ0n) is 22.3. The fourth-order valence-corrected chi connectivity index (χ4v) is 3.28. The van der Waals surface area contributed by atoms with Crippen LogP contribution in [0.2, 0.25) is 0 Å². The van der Waals surface area contributed by atoms with Crippen LogP contribution < -0.4 is 0 Å². The van der Waals surface area contributed by atoms with Crippen molar-refractivity contribution in [3.05, 3.63) is 157 Å². The van der Waals surface area contributed by atoms with Gasteiger partial charge in [-0.15, -0.1) is 24.3 Å². The van der Waals surface area contributed by atoms with Gasteiger partial charge in [-0.2, -0.15) is 0 Å². The molecule has 4 heterocycles. The first-order valence-electron chi connectivity index (χ1n) is 12.1. The maximum atomic E-state index is 13.2. The van der Waals surface area contributed by atoms with Crippen molar-refractivity contribution in [2.75, 3.05) is 0 Å². The van der Waals surface area contributed by atoms with E-state index in [0.29, 0.717) is 21.4 Å². The first kappa shape index (κ1) is 38.3. The number of nitrogens with zero attached hydrogens (tertiary/aromatic N) is 4. The van der Waals surface area contributed by atoms with E-state index < -0.39 is 23.3 Å². The molecule has 0 saturated heterocycles. The number of halogens is 4. The van der Waals surface area contributed by atoms with Crippen molar-refractivity contribution in [3.8, 4) is 22.5 Å². The Morgan fingerprint density at radius 3 is 1.05 bits per heavy atom. The molecule has 0 aliphatic heterocycles. The minimum Gasteiger partial charge on any atom is -0.760 e. The molecule has 6 aromatic rings. The Bertz CT molecular complexity index is 1520. The topological polar surface area (TPSA) is 51.6 Å². The first-order chi connectivity index (χ1) is 20.3. The van der Waals surface area contributed by atoms with Gasteiger partial charge < -0.3 is 35.2 Å². The fourth-order valence-electron chi connectivity index (χ4n) is 3.00.